The fraction of sp³-hybridized carbons (Fsp3) is 0.333. The second-order valence-corrected chi connectivity index (χ2v) is 6.95. The molecule has 0 N–H and O–H groups in total. The Morgan fingerprint density at radius 1 is 0.966 bits per heavy atom. The Kier molecular flexibility index (Phi) is 3.86. The van der Waals surface area contributed by atoms with E-state index in [9.17, 15) is 13.2 Å². The summed E-state index contributed by atoms with van der Waals surface area (Å²) in [5.74, 6) is 0.850. The molecule has 4 aromatic rings. The van der Waals surface area contributed by atoms with Gasteiger partial charge < -0.3 is 14.2 Å². The number of rotatable bonds is 2. The second kappa shape index (κ2) is 6.33. The van der Waals surface area contributed by atoms with Gasteiger partial charge in [0.05, 0.1) is 17.3 Å². The van der Waals surface area contributed by atoms with Gasteiger partial charge >= 0.3 is 6.18 Å². The highest BCUT2D eigenvalue weighted by Crippen LogP contribution is 2.29. The number of halogens is 3. The van der Waals surface area contributed by atoms with Crippen molar-refractivity contribution in [2.45, 2.75) is 6.18 Å². The van der Waals surface area contributed by atoms with Gasteiger partial charge in [-0.25, -0.2) is 15.0 Å². The number of pyridine rings is 1. The average molecular weight is 402 g/mol. The number of aryl methyl sites for hydroxylation is 1. The fourth-order valence-corrected chi connectivity index (χ4v) is 3.68. The van der Waals surface area contributed by atoms with Gasteiger partial charge in [0.2, 0.25) is 0 Å². The van der Waals surface area contributed by atoms with Crippen LogP contribution < -0.4 is 9.80 Å². The van der Waals surface area contributed by atoms with E-state index in [0.29, 0.717) is 0 Å². The molecule has 0 amide bonds. The highest BCUT2D eigenvalue weighted by Gasteiger charge is 2.34. The maximum Gasteiger partial charge on any atom is 0.434 e. The first-order valence-electron chi connectivity index (χ1n) is 9.09. The van der Waals surface area contributed by atoms with Crippen LogP contribution >= 0.6 is 0 Å². The molecule has 11 heteroatoms. The van der Waals surface area contributed by atoms with E-state index in [0.717, 1.165) is 54.9 Å². The maximum absolute atomic E-state index is 12.9. The number of fused-ring (bicyclic) bond motifs is 2. The summed E-state index contributed by atoms with van der Waals surface area (Å²) in [7, 11) is 1.84. The number of alkyl halides is 3. The van der Waals surface area contributed by atoms with Gasteiger partial charge in [-0.1, -0.05) is 0 Å². The van der Waals surface area contributed by atoms with E-state index in [1.54, 1.807) is 23.1 Å². The molecule has 29 heavy (non-hydrogen) atoms. The highest BCUT2D eigenvalue weighted by atomic mass is 19.4. The van der Waals surface area contributed by atoms with E-state index >= 15 is 0 Å². The summed E-state index contributed by atoms with van der Waals surface area (Å²) in [4.78, 5) is 16.7. The van der Waals surface area contributed by atoms with Crippen molar-refractivity contribution in [3.05, 3.63) is 42.7 Å². The summed E-state index contributed by atoms with van der Waals surface area (Å²) in [5.41, 5.74) is 1.03. The summed E-state index contributed by atoms with van der Waals surface area (Å²) in [6, 6.07) is 3.42. The Labute approximate surface area is 163 Å². The molecule has 1 aliphatic rings. The molecule has 0 aromatic carbocycles. The number of anilines is 2. The molecule has 0 aliphatic carbocycles. The average Bonchev–Trinajstić information content (AvgIpc) is 3.31. The van der Waals surface area contributed by atoms with E-state index in [1.165, 1.54) is 10.7 Å². The van der Waals surface area contributed by atoms with E-state index in [-0.39, 0.29) is 5.65 Å². The third-order valence-electron chi connectivity index (χ3n) is 5.18. The van der Waals surface area contributed by atoms with Crippen LogP contribution in [0.2, 0.25) is 0 Å². The molecule has 1 fully saturated rings. The molecule has 5 rings (SSSR count). The first-order valence-corrected chi connectivity index (χ1v) is 9.09. The molecule has 1 aliphatic heterocycles. The number of hydrogen-bond acceptors (Lipinski definition) is 6. The molecule has 0 atom stereocenters. The van der Waals surface area contributed by atoms with Crippen molar-refractivity contribution in [3.8, 4) is 0 Å². The first-order chi connectivity index (χ1) is 13.9. The Morgan fingerprint density at radius 3 is 2.48 bits per heavy atom. The van der Waals surface area contributed by atoms with Gasteiger partial charge in [-0.2, -0.15) is 18.3 Å². The van der Waals surface area contributed by atoms with Crippen LogP contribution in [0.15, 0.2) is 37.1 Å². The zero-order chi connectivity index (χ0) is 20.2. The van der Waals surface area contributed by atoms with Crippen molar-refractivity contribution in [1.82, 2.24) is 29.1 Å². The Hall–Kier alpha value is -3.37. The molecule has 5 heterocycles. The number of aromatic nitrogens is 6. The lowest BCUT2D eigenvalue weighted by atomic mass is 10.2. The number of imidazole rings is 1. The summed E-state index contributed by atoms with van der Waals surface area (Å²) < 4.78 is 41.8. The van der Waals surface area contributed by atoms with Gasteiger partial charge in [-0.05, 0) is 12.1 Å². The molecular weight excluding hydrogens is 385 g/mol. The minimum atomic E-state index is -4.45. The minimum absolute atomic E-state index is 0.277. The summed E-state index contributed by atoms with van der Waals surface area (Å²) in [6.07, 6.45) is 1.57. The second-order valence-electron chi connectivity index (χ2n) is 6.95. The summed E-state index contributed by atoms with van der Waals surface area (Å²) in [6.45, 7) is 2.91. The molecule has 0 bridgehead atoms. The standard InChI is InChI=1S/C18H17F3N8/c1-26-16-13(8-24-26)17(23-11-22-16)28-6-4-27(5-7-28)12-2-3-15-25-14(18(19,20)21)10-29(15)9-12/h2-3,8-11H,4-7H2,1H3. The lowest BCUT2D eigenvalue weighted by molar-refractivity contribution is -0.140. The van der Waals surface area contributed by atoms with Crippen LogP contribution in [0.3, 0.4) is 0 Å². The van der Waals surface area contributed by atoms with E-state index in [1.807, 2.05) is 13.1 Å². The number of hydrogen-bond donors (Lipinski definition) is 0. The lowest BCUT2D eigenvalue weighted by Gasteiger charge is -2.36. The SMILES string of the molecule is Cn1ncc2c(N3CCN(c4ccc5nc(C(F)(F)F)cn5c4)CC3)ncnc21. The van der Waals surface area contributed by atoms with Crippen molar-refractivity contribution < 1.29 is 13.2 Å². The van der Waals surface area contributed by atoms with Gasteiger partial charge in [-0.15, -0.1) is 0 Å². The predicted molar refractivity (Wildman–Crippen MR) is 101 cm³/mol. The smallest absolute Gasteiger partial charge is 0.367 e. The molecular formula is C18H17F3N8. The molecule has 8 nitrogen and oxygen atoms in total. The first kappa shape index (κ1) is 17.7. The van der Waals surface area contributed by atoms with Crippen LogP contribution in [0.25, 0.3) is 16.7 Å². The van der Waals surface area contributed by atoms with E-state index in [4.69, 9.17) is 0 Å². The molecule has 0 unspecified atom stereocenters. The Morgan fingerprint density at radius 2 is 1.72 bits per heavy atom. The van der Waals surface area contributed by atoms with Gasteiger partial charge in [0.1, 0.15) is 17.8 Å². The molecule has 150 valence electrons. The zero-order valence-electron chi connectivity index (χ0n) is 15.5. The van der Waals surface area contributed by atoms with Gasteiger partial charge in [0.15, 0.2) is 11.3 Å². The molecule has 1 saturated heterocycles. The molecule has 0 radical (unpaired) electrons. The lowest BCUT2D eigenvalue weighted by Crippen LogP contribution is -2.47. The third kappa shape index (κ3) is 3.02. The van der Waals surface area contributed by atoms with Crippen LogP contribution in [0.4, 0.5) is 24.7 Å². The van der Waals surface area contributed by atoms with E-state index in [2.05, 4.69) is 29.9 Å². The minimum Gasteiger partial charge on any atom is -0.367 e. The van der Waals surface area contributed by atoms with Crippen molar-refractivity contribution in [1.29, 1.82) is 0 Å². The number of nitrogens with zero attached hydrogens (tertiary/aromatic N) is 8. The van der Waals surface area contributed by atoms with Crippen molar-refractivity contribution in [2.24, 2.45) is 7.05 Å². The van der Waals surface area contributed by atoms with Gasteiger partial charge in [0, 0.05) is 45.6 Å². The van der Waals surface area contributed by atoms with Crippen LogP contribution in [0, 0.1) is 0 Å². The summed E-state index contributed by atoms with van der Waals surface area (Å²) >= 11 is 0. The fourth-order valence-electron chi connectivity index (χ4n) is 3.68. The van der Waals surface area contributed by atoms with Crippen molar-refractivity contribution >= 4 is 28.2 Å². The maximum atomic E-state index is 12.9. The van der Waals surface area contributed by atoms with Crippen LogP contribution in [0.1, 0.15) is 5.69 Å². The number of piperazine rings is 1. The summed E-state index contributed by atoms with van der Waals surface area (Å²) in [5, 5.41) is 5.16. The van der Waals surface area contributed by atoms with E-state index < -0.39 is 11.9 Å². The normalized spacial score (nSPS) is 15.6. The quantitative estimate of drug-likeness (QED) is 0.513. The predicted octanol–water partition coefficient (Wildman–Crippen LogP) is 2.36. The Balaban J connectivity index is 1.36. The largest absolute Gasteiger partial charge is 0.434 e. The van der Waals surface area contributed by atoms with Gasteiger partial charge in [0.25, 0.3) is 0 Å². The van der Waals surface area contributed by atoms with Crippen LogP contribution in [-0.2, 0) is 13.2 Å². The van der Waals surface area contributed by atoms with Gasteiger partial charge in [-0.3, -0.25) is 4.68 Å². The van der Waals surface area contributed by atoms with Crippen molar-refractivity contribution in [3.63, 3.8) is 0 Å². The molecule has 4 aromatic heterocycles. The topological polar surface area (TPSA) is 67.4 Å². The Bertz CT molecular complexity index is 1190. The third-order valence-corrected chi connectivity index (χ3v) is 5.18. The van der Waals surface area contributed by atoms with Crippen LogP contribution in [0.5, 0.6) is 0 Å². The van der Waals surface area contributed by atoms with Crippen LogP contribution in [-0.4, -0.2) is 55.3 Å². The molecule has 0 spiro atoms. The zero-order valence-corrected chi connectivity index (χ0v) is 15.5. The monoisotopic (exact) mass is 402 g/mol. The van der Waals surface area contributed by atoms with Crippen molar-refractivity contribution in [2.75, 3.05) is 36.0 Å². The highest BCUT2D eigenvalue weighted by molar-refractivity contribution is 5.86. The molecule has 0 saturated carbocycles.